The molecule has 4 rings (SSSR count). The fourth-order valence-corrected chi connectivity index (χ4v) is 6.85. The Hall–Kier alpha value is -1.52. The number of ether oxygens (including phenoxy) is 2. The number of halogens is 7. The molecular weight excluding hydrogens is 545 g/mol. The average molecular weight is 572 g/mol. The maximum Gasteiger partial charge on any atom is 0.431 e. The summed E-state index contributed by atoms with van der Waals surface area (Å²) in [4.78, 5) is 25.9. The van der Waals surface area contributed by atoms with E-state index in [0.717, 1.165) is 6.92 Å². The Kier molecular flexibility index (Phi) is 7.54. The van der Waals surface area contributed by atoms with Gasteiger partial charge in [-0.1, -0.05) is 0 Å². The van der Waals surface area contributed by atoms with Gasteiger partial charge in [0.15, 0.2) is 0 Å². The van der Waals surface area contributed by atoms with E-state index >= 15 is 0 Å². The highest BCUT2D eigenvalue weighted by Gasteiger charge is 2.69. The Bertz CT molecular complexity index is 1010. The smallest absolute Gasteiger partial charge is 0.431 e. The van der Waals surface area contributed by atoms with Crippen LogP contribution in [0.3, 0.4) is 0 Å². The second-order valence-corrected chi connectivity index (χ2v) is 11.9. The quantitative estimate of drug-likeness (QED) is 0.218. The molecule has 3 atom stereocenters. The number of carbonyl (C=O) groups excluding carboxylic acids is 2. The van der Waals surface area contributed by atoms with Crippen LogP contribution < -0.4 is 0 Å². The molecule has 0 saturated heterocycles. The van der Waals surface area contributed by atoms with Crippen LogP contribution >= 0.6 is 0 Å². The van der Waals surface area contributed by atoms with Gasteiger partial charge in [-0.15, -0.1) is 0 Å². The summed E-state index contributed by atoms with van der Waals surface area (Å²) in [6.07, 6.45) is -8.25. The Morgan fingerprint density at radius 3 is 1.97 bits per heavy atom. The molecule has 2 N–H and O–H groups in total. The van der Waals surface area contributed by atoms with Crippen molar-refractivity contribution in [3.05, 3.63) is 0 Å². The highest BCUT2D eigenvalue weighted by Crippen LogP contribution is 2.62. The number of rotatable bonds is 11. The van der Waals surface area contributed by atoms with Crippen molar-refractivity contribution < 1.29 is 67.9 Å². The molecule has 16 heteroatoms. The van der Waals surface area contributed by atoms with E-state index in [0.29, 0.717) is 19.3 Å². The van der Waals surface area contributed by atoms with Crippen molar-refractivity contribution in [1.82, 2.24) is 0 Å². The van der Waals surface area contributed by atoms with Crippen LogP contribution in [-0.4, -0.2) is 71.6 Å². The monoisotopic (exact) mass is 572 g/mol. The van der Waals surface area contributed by atoms with Crippen molar-refractivity contribution in [2.45, 2.75) is 86.8 Å². The standard InChI is InChI=1S/C21H27F7O8S/c1-2-35-15(30)18(20(24,25)26,36-4-3-19(22,23)21(27,28)37(32,33)34)10-14(29)16-6-12-5-13(7-16)9-17(31,8-12)11-16/h12-13,31H,2-11H2,1H3,(H,32,33,34). The molecule has 4 aliphatic rings. The molecule has 3 unspecified atom stereocenters. The van der Waals surface area contributed by atoms with Crippen LogP contribution in [0.5, 0.6) is 0 Å². The minimum Gasteiger partial charge on any atom is -0.464 e. The van der Waals surface area contributed by atoms with Gasteiger partial charge in [-0.25, -0.2) is 4.79 Å². The molecule has 0 heterocycles. The van der Waals surface area contributed by atoms with Crippen LogP contribution in [0.2, 0.25) is 0 Å². The fourth-order valence-electron chi connectivity index (χ4n) is 6.37. The van der Waals surface area contributed by atoms with Crippen molar-refractivity contribution in [3.8, 4) is 0 Å². The van der Waals surface area contributed by atoms with Crippen LogP contribution in [0.1, 0.15) is 58.3 Å². The molecule has 4 fully saturated rings. The summed E-state index contributed by atoms with van der Waals surface area (Å²) >= 11 is 0. The molecule has 214 valence electrons. The number of esters is 1. The molecule has 0 aromatic carbocycles. The van der Waals surface area contributed by atoms with Crippen LogP contribution in [-0.2, 0) is 29.2 Å². The van der Waals surface area contributed by atoms with Crippen molar-refractivity contribution in [1.29, 1.82) is 0 Å². The lowest BCUT2D eigenvalue weighted by Crippen LogP contribution is -2.62. The molecule has 0 aromatic heterocycles. The van der Waals surface area contributed by atoms with Gasteiger partial charge in [0.05, 0.1) is 25.2 Å². The summed E-state index contributed by atoms with van der Waals surface area (Å²) in [6, 6.07) is 0. The summed E-state index contributed by atoms with van der Waals surface area (Å²) in [5.74, 6) is -9.15. The van der Waals surface area contributed by atoms with Gasteiger partial charge >= 0.3 is 33.4 Å². The molecule has 0 aromatic rings. The number of Topliss-reactive ketones (excluding diaryl/α,β-unsaturated/α-hetero) is 1. The molecule has 0 spiro atoms. The van der Waals surface area contributed by atoms with Gasteiger partial charge in [0.25, 0.3) is 5.60 Å². The lowest BCUT2D eigenvalue weighted by molar-refractivity contribution is -0.283. The first kappa shape index (κ1) is 30.0. The van der Waals surface area contributed by atoms with E-state index < -0.39 is 81.9 Å². The maximum absolute atomic E-state index is 14.3. The van der Waals surface area contributed by atoms with Gasteiger partial charge in [0.1, 0.15) is 5.78 Å². The minimum atomic E-state index is -6.66. The van der Waals surface area contributed by atoms with Gasteiger partial charge in [-0.3, -0.25) is 9.35 Å². The summed E-state index contributed by atoms with van der Waals surface area (Å²) in [7, 11) is -6.66. The van der Waals surface area contributed by atoms with E-state index in [1.165, 1.54) is 0 Å². The van der Waals surface area contributed by atoms with Crippen molar-refractivity contribution in [3.63, 3.8) is 0 Å². The maximum atomic E-state index is 14.3. The Morgan fingerprint density at radius 1 is 1.00 bits per heavy atom. The van der Waals surface area contributed by atoms with Crippen LogP contribution in [0, 0.1) is 17.3 Å². The SMILES string of the molecule is CCOC(=O)C(CC(=O)C12CC3CC(CC(O)(C3)C1)C2)(OCCC(F)(F)C(F)(F)S(=O)(=O)O)C(F)(F)F. The molecule has 8 nitrogen and oxygen atoms in total. The summed E-state index contributed by atoms with van der Waals surface area (Å²) in [5.41, 5.74) is -6.85. The molecule has 0 amide bonds. The third kappa shape index (κ3) is 5.22. The predicted octanol–water partition coefficient (Wildman–Crippen LogP) is 3.66. The molecule has 37 heavy (non-hydrogen) atoms. The number of alkyl halides is 7. The van der Waals surface area contributed by atoms with E-state index in [9.17, 15) is 53.8 Å². The van der Waals surface area contributed by atoms with Crippen LogP contribution in [0.4, 0.5) is 30.7 Å². The van der Waals surface area contributed by atoms with E-state index in [2.05, 4.69) is 9.47 Å². The average Bonchev–Trinajstić information content (AvgIpc) is 2.69. The number of carbonyl (C=O) groups is 2. The molecule has 4 aliphatic carbocycles. The summed E-state index contributed by atoms with van der Waals surface area (Å²) < 4.78 is 136. The van der Waals surface area contributed by atoms with E-state index in [1.54, 1.807) is 0 Å². The molecule has 0 radical (unpaired) electrons. The van der Waals surface area contributed by atoms with E-state index in [-0.39, 0.29) is 31.1 Å². The number of hydrogen-bond acceptors (Lipinski definition) is 7. The second kappa shape index (κ2) is 9.30. The highest BCUT2D eigenvalue weighted by atomic mass is 32.2. The van der Waals surface area contributed by atoms with Crippen LogP contribution in [0.15, 0.2) is 0 Å². The predicted molar refractivity (Wildman–Crippen MR) is 109 cm³/mol. The van der Waals surface area contributed by atoms with Gasteiger partial charge in [0, 0.05) is 11.8 Å². The van der Waals surface area contributed by atoms with E-state index in [1.807, 2.05) is 0 Å². The Balaban J connectivity index is 1.91. The molecule has 4 bridgehead atoms. The second-order valence-electron chi connectivity index (χ2n) is 10.4. The lowest BCUT2D eigenvalue weighted by atomic mass is 9.46. The first-order chi connectivity index (χ1) is 16.6. The minimum absolute atomic E-state index is 0.139. The third-order valence-electron chi connectivity index (χ3n) is 7.61. The molecule has 0 aliphatic heterocycles. The summed E-state index contributed by atoms with van der Waals surface area (Å²) in [6.45, 7) is -1.47. The van der Waals surface area contributed by atoms with Crippen molar-refractivity contribution >= 4 is 21.9 Å². The first-order valence-electron chi connectivity index (χ1n) is 11.5. The van der Waals surface area contributed by atoms with Gasteiger partial charge < -0.3 is 14.6 Å². The highest BCUT2D eigenvalue weighted by molar-refractivity contribution is 7.87. The zero-order valence-electron chi connectivity index (χ0n) is 19.6. The number of ketones is 1. The summed E-state index contributed by atoms with van der Waals surface area (Å²) in [5, 5.41) is 4.75. The Morgan fingerprint density at radius 2 is 1.54 bits per heavy atom. The third-order valence-corrected chi connectivity index (χ3v) is 8.56. The first-order valence-corrected chi connectivity index (χ1v) is 12.9. The van der Waals surface area contributed by atoms with Crippen molar-refractivity contribution in [2.75, 3.05) is 13.2 Å². The molecular formula is C21H27F7O8S. The van der Waals surface area contributed by atoms with Crippen LogP contribution in [0.25, 0.3) is 0 Å². The zero-order valence-corrected chi connectivity index (χ0v) is 20.4. The lowest BCUT2D eigenvalue weighted by Gasteiger charge is -2.59. The van der Waals surface area contributed by atoms with Gasteiger partial charge in [-0.05, 0) is 57.3 Å². The molecule has 4 saturated carbocycles. The number of hydrogen-bond donors (Lipinski definition) is 2. The van der Waals surface area contributed by atoms with Crippen molar-refractivity contribution in [2.24, 2.45) is 17.3 Å². The van der Waals surface area contributed by atoms with E-state index in [4.69, 9.17) is 4.55 Å². The number of aliphatic hydroxyl groups is 1. The van der Waals surface area contributed by atoms with Gasteiger partial charge in [0.2, 0.25) is 0 Å². The Labute approximate surface area is 207 Å². The normalized spacial score (nSPS) is 31.7. The topological polar surface area (TPSA) is 127 Å². The largest absolute Gasteiger partial charge is 0.464 e. The fraction of sp³-hybridized carbons (Fsp3) is 0.905. The zero-order chi connectivity index (χ0) is 28.3. The van der Waals surface area contributed by atoms with Gasteiger partial charge in [-0.2, -0.15) is 39.2 Å².